The summed E-state index contributed by atoms with van der Waals surface area (Å²) in [6, 6.07) is 6.48. The van der Waals surface area contributed by atoms with E-state index in [1.54, 1.807) is 23.1 Å². The first kappa shape index (κ1) is 16.4. The number of aliphatic hydroxyl groups is 1. The molecule has 0 radical (unpaired) electrons. The fourth-order valence-corrected chi connectivity index (χ4v) is 4.05. The lowest BCUT2D eigenvalue weighted by atomic mass is 9.72. The molecule has 124 valence electrons. The molecule has 3 rings (SSSR count). The van der Waals surface area contributed by atoms with Gasteiger partial charge in [0.05, 0.1) is 12.1 Å². The lowest BCUT2D eigenvalue weighted by Gasteiger charge is -2.42. The fraction of sp³-hybridized carbons (Fsp3) is 0.529. The molecule has 1 aliphatic rings. The van der Waals surface area contributed by atoms with Crippen molar-refractivity contribution in [2.45, 2.75) is 38.3 Å². The summed E-state index contributed by atoms with van der Waals surface area (Å²) in [6.45, 7) is 2.39. The second-order valence-corrected chi connectivity index (χ2v) is 7.05. The third-order valence-electron chi connectivity index (χ3n) is 5.33. The Hall–Kier alpha value is -1.46. The van der Waals surface area contributed by atoms with Gasteiger partial charge in [-0.1, -0.05) is 19.1 Å². The monoisotopic (exact) mass is 337 g/mol. The molecule has 2 aromatic rings. The normalized spacial score (nSPS) is 30.7. The van der Waals surface area contributed by atoms with E-state index in [9.17, 15) is 9.50 Å². The minimum absolute atomic E-state index is 0.0425. The molecule has 1 heterocycles. The Morgan fingerprint density at radius 2 is 2.13 bits per heavy atom. The predicted molar refractivity (Wildman–Crippen MR) is 86.6 cm³/mol. The van der Waals surface area contributed by atoms with Gasteiger partial charge in [0.1, 0.15) is 18.5 Å². The summed E-state index contributed by atoms with van der Waals surface area (Å²) in [5, 5.41) is 15.6. The van der Waals surface area contributed by atoms with Gasteiger partial charge >= 0.3 is 0 Å². The number of nitrogens with zero attached hydrogens (tertiary/aromatic N) is 3. The van der Waals surface area contributed by atoms with Crippen molar-refractivity contribution < 1.29 is 9.50 Å². The van der Waals surface area contributed by atoms with E-state index in [0.717, 1.165) is 18.4 Å². The largest absolute Gasteiger partial charge is 0.387 e. The Labute approximate surface area is 140 Å². The van der Waals surface area contributed by atoms with Crippen molar-refractivity contribution in [1.82, 2.24) is 14.8 Å². The van der Waals surface area contributed by atoms with Crippen LogP contribution in [0.2, 0.25) is 0 Å². The average Bonchev–Trinajstić information content (AvgIpc) is 3.12. The van der Waals surface area contributed by atoms with Gasteiger partial charge in [0.2, 0.25) is 0 Å². The van der Waals surface area contributed by atoms with Crippen LogP contribution in [0.5, 0.6) is 0 Å². The standard InChI is InChI=1S/C17H21ClFN3O/c1-16(9-18)7-6-14(8-13-2-4-15(19)5-3-13)17(16,23)10-22-12-20-11-21-22/h2-5,11-12,14,23H,6-10H2,1H3/t14-,16?,17?/m0/s1. The van der Waals surface area contributed by atoms with Crippen molar-refractivity contribution in [2.24, 2.45) is 11.3 Å². The summed E-state index contributed by atoms with van der Waals surface area (Å²) in [7, 11) is 0. The van der Waals surface area contributed by atoms with Gasteiger partial charge in [0.25, 0.3) is 0 Å². The molecule has 0 bridgehead atoms. The Bertz CT molecular complexity index is 648. The van der Waals surface area contributed by atoms with E-state index in [1.807, 2.05) is 6.92 Å². The summed E-state index contributed by atoms with van der Waals surface area (Å²) in [5.41, 5.74) is -0.338. The lowest BCUT2D eigenvalue weighted by molar-refractivity contribution is -0.0891. The number of halogens is 2. The predicted octanol–water partition coefficient (Wildman–Crippen LogP) is 3.05. The van der Waals surface area contributed by atoms with Crippen LogP contribution in [0.1, 0.15) is 25.3 Å². The molecule has 1 aromatic heterocycles. The van der Waals surface area contributed by atoms with Gasteiger partial charge in [0.15, 0.2) is 0 Å². The maximum atomic E-state index is 13.1. The van der Waals surface area contributed by atoms with Gasteiger partial charge in [-0.05, 0) is 42.9 Å². The molecule has 1 fully saturated rings. The van der Waals surface area contributed by atoms with Crippen LogP contribution >= 0.6 is 11.6 Å². The first-order valence-corrected chi connectivity index (χ1v) is 8.35. The zero-order valence-corrected chi connectivity index (χ0v) is 13.9. The molecule has 4 nitrogen and oxygen atoms in total. The molecule has 1 aliphatic carbocycles. The maximum absolute atomic E-state index is 13.1. The highest BCUT2D eigenvalue weighted by Crippen LogP contribution is 2.52. The smallest absolute Gasteiger partial charge is 0.137 e. The highest BCUT2D eigenvalue weighted by atomic mass is 35.5. The fourth-order valence-electron chi connectivity index (χ4n) is 3.68. The van der Waals surface area contributed by atoms with Gasteiger partial charge in [0, 0.05) is 11.3 Å². The van der Waals surface area contributed by atoms with Crippen molar-refractivity contribution in [3.8, 4) is 0 Å². The minimum Gasteiger partial charge on any atom is -0.387 e. The van der Waals surface area contributed by atoms with E-state index in [2.05, 4.69) is 10.1 Å². The van der Waals surface area contributed by atoms with Crippen molar-refractivity contribution in [3.05, 3.63) is 48.3 Å². The molecule has 3 atom stereocenters. The van der Waals surface area contributed by atoms with E-state index in [-0.39, 0.29) is 17.2 Å². The number of hydrogen-bond acceptors (Lipinski definition) is 3. The van der Waals surface area contributed by atoms with Crippen LogP contribution in [-0.2, 0) is 13.0 Å². The molecular formula is C17H21ClFN3O. The van der Waals surface area contributed by atoms with Crippen LogP contribution in [0.15, 0.2) is 36.9 Å². The number of benzene rings is 1. The van der Waals surface area contributed by atoms with Gasteiger partial charge in [-0.2, -0.15) is 5.10 Å². The molecule has 0 aliphatic heterocycles. The molecular weight excluding hydrogens is 317 g/mol. The summed E-state index contributed by atoms with van der Waals surface area (Å²) in [5.74, 6) is 0.183. The number of aromatic nitrogens is 3. The molecule has 0 spiro atoms. The van der Waals surface area contributed by atoms with Crippen LogP contribution in [-0.4, -0.2) is 31.4 Å². The zero-order chi connectivity index (χ0) is 16.5. The number of hydrogen-bond donors (Lipinski definition) is 1. The second kappa shape index (κ2) is 6.21. The highest BCUT2D eigenvalue weighted by Gasteiger charge is 2.56. The summed E-state index contributed by atoms with van der Waals surface area (Å²) in [6.07, 6.45) is 5.50. The topological polar surface area (TPSA) is 50.9 Å². The molecule has 23 heavy (non-hydrogen) atoms. The number of alkyl halides is 1. The summed E-state index contributed by atoms with van der Waals surface area (Å²) >= 11 is 6.21. The Balaban J connectivity index is 1.87. The maximum Gasteiger partial charge on any atom is 0.137 e. The Morgan fingerprint density at radius 3 is 2.74 bits per heavy atom. The molecule has 0 amide bonds. The summed E-state index contributed by atoms with van der Waals surface area (Å²) < 4.78 is 14.8. The third-order valence-corrected chi connectivity index (χ3v) is 5.91. The van der Waals surface area contributed by atoms with Crippen molar-refractivity contribution in [1.29, 1.82) is 0 Å². The molecule has 0 saturated heterocycles. The van der Waals surface area contributed by atoms with Gasteiger partial charge in [-0.3, -0.25) is 4.68 Å². The zero-order valence-electron chi connectivity index (χ0n) is 13.1. The first-order valence-electron chi connectivity index (χ1n) is 7.82. The third kappa shape index (κ3) is 3.00. The quantitative estimate of drug-likeness (QED) is 0.853. The van der Waals surface area contributed by atoms with Crippen LogP contribution in [0.25, 0.3) is 0 Å². The Morgan fingerprint density at radius 1 is 1.39 bits per heavy atom. The van der Waals surface area contributed by atoms with Crippen LogP contribution in [0.4, 0.5) is 4.39 Å². The van der Waals surface area contributed by atoms with Gasteiger partial charge < -0.3 is 5.11 Å². The average molecular weight is 338 g/mol. The lowest BCUT2D eigenvalue weighted by Crippen LogP contribution is -2.51. The molecule has 1 N–H and O–H groups in total. The van der Waals surface area contributed by atoms with E-state index in [0.29, 0.717) is 18.8 Å². The molecule has 2 unspecified atom stereocenters. The second-order valence-electron chi connectivity index (χ2n) is 6.78. The van der Waals surface area contributed by atoms with Crippen molar-refractivity contribution in [3.63, 3.8) is 0 Å². The van der Waals surface area contributed by atoms with E-state index >= 15 is 0 Å². The van der Waals surface area contributed by atoms with Crippen molar-refractivity contribution in [2.75, 3.05) is 5.88 Å². The van der Waals surface area contributed by atoms with Crippen LogP contribution in [0.3, 0.4) is 0 Å². The molecule has 6 heteroatoms. The molecule has 1 aromatic carbocycles. The SMILES string of the molecule is CC1(CCl)CC[C@@H](Cc2ccc(F)cc2)C1(O)Cn1cncn1. The first-order chi connectivity index (χ1) is 11.0. The number of rotatable bonds is 5. The van der Waals surface area contributed by atoms with Gasteiger partial charge in [-0.15, -0.1) is 11.6 Å². The van der Waals surface area contributed by atoms with E-state index < -0.39 is 5.60 Å². The van der Waals surface area contributed by atoms with Crippen LogP contribution < -0.4 is 0 Å². The Kier molecular flexibility index (Phi) is 4.43. The molecule has 1 saturated carbocycles. The van der Waals surface area contributed by atoms with Gasteiger partial charge in [-0.25, -0.2) is 9.37 Å². The highest BCUT2D eigenvalue weighted by molar-refractivity contribution is 6.18. The summed E-state index contributed by atoms with van der Waals surface area (Å²) in [4.78, 5) is 3.95. The van der Waals surface area contributed by atoms with E-state index in [1.165, 1.54) is 18.5 Å². The minimum atomic E-state index is -0.975. The van der Waals surface area contributed by atoms with E-state index in [4.69, 9.17) is 11.6 Å². The van der Waals surface area contributed by atoms with Crippen molar-refractivity contribution >= 4 is 11.6 Å². The van der Waals surface area contributed by atoms with Crippen LogP contribution in [0, 0.1) is 17.2 Å².